The van der Waals surface area contributed by atoms with Crippen LogP contribution in [0.5, 0.6) is 11.5 Å². The van der Waals surface area contributed by atoms with E-state index in [1.807, 2.05) is 12.1 Å². The van der Waals surface area contributed by atoms with Crippen LogP contribution in [0.25, 0.3) is 0 Å². The number of benzene rings is 2. The summed E-state index contributed by atoms with van der Waals surface area (Å²) in [5, 5.41) is 10.7. The van der Waals surface area contributed by atoms with Crippen LogP contribution in [0.15, 0.2) is 36.4 Å². The van der Waals surface area contributed by atoms with Gasteiger partial charge in [-0.15, -0.1) is 0 Å². The number of hydrogen-bond donors (Lipinski definition) is 1. The molecule has 2 aliphatic heterocycles. The molecule has 2 atom stereocenters. The number of ether oxygens (including phenoxy) is 2. The molecule has 0 amide bonds. The normalized spacial score (nSPS) is 24.7. The highest BCUT2D eigenvalue weighted by molar-refractivity contribution is 5.65. The number of piperazine rings is 1. The summed E-state index contributed by atoms with van der Waals surface area (Å²) in [6.07, 6.45) is 0.150. The third-order valence-electron chi connectivity index (χ3n) is 5.89. The maximum Gasteiger partial charge on any atom is 0.184 e. The Morgan fingerprint density at radius 1 is 1.00 bits per heavy atom. The lowest BCUT2D eigenvalue weighted by molar-refractivity contribution is 0.0569. The Hall–Kier alpha value is -2.31. The first-order chi connectivity index (χ1) is 13.2. The molecule has 5 nitrogen and oxygen atoms in total. The summed E-state index contributed by atoms with van der Waals surface area (Å²) in [5.41, 5.74) is 2.87. The molecule has 0 spiro atoms. The molecule has 1 saturated heterocycles. The Morgan fingerprint density at radius 2 is 1.81 bits per heavy atom. The van der Waals surface area contributed by atoms with E-state index in [0.29, 0.717) is 13.2 Å². The number of fused-ring (bicyclic) bond motifs is 2. The van der Waals surface area contributed by atoms with E-state index < -0.39 is 6.10 Å². The van der Waals surface area contributed by atoms with Crippen molar-refractivity contribution in [2.24, 2.45) is 0 Å². The third kappa shape index (κ3) is 2.93. The number of aliphatic hydroxyl groups is 1. The summed E-state index contributed by atoms with van der Waals surface area (Å²) in [6.45, 7) is 4.57. The van der Waals surface area contributed by atoms with Gasteiger partial charge in [0.25, 0.3) is 0 Å². The first-order valence-corrected chi connectivity index (χ1v) is 9.55. The highest BCUT2D eigenvalue weighted by Crippen LogP contribution is 2.40. The quantitative estimate of drug-likeness (QED) is 0.880. The summed E-state index contributed by atoms with van der Waals surface area (Å²) in [5.74, 6) is 1.36. The third-order valence-corrected chi connectivity index (χ3v) is 5.89. The Kier molecular flexibility index (Phi) is 4.17. The van der Waals surface area contributed by atoms with Crippen LogP contribution < -0.4 is 14.4 Å². The first kappa shape index (κ1) is 16.8. The molecule has 2 aromatic rings. The average molecular weight is 370 g/mol. The van der Waals surface area contributed by atoms with Crippen LogP contribution in [0.4, 0.5) is 10.1 Å². The second kappa shape index (κ2) is 6.69. The topological polar surface area (TPSA) is 45.2 Å². The van der Waals surface area contributed by atoms with E-state index in [1.54, 1.807) is 6.07 Å². The van der Waals surface area contributed by atoms with Crippen molar-refractivity contribution in [3.8, 4) is 11.5 Å². The molecule has 2 unspecified atom stereocenters. The van der Waals surface area contributed by atoms with Crippen LogP contribution in [-0.4, -0.2) is 55.4 Å². The van der Waals surface area contributed by atoms with Crippen molar-refractivity contribution in [2.75, 3.05) is 44.3 Å². The smallest absolute Gasteiger partial charge is 0.184 e. The Bertz CT molecular complexity index is 851. The van der Waals surface area contributed by atoms with E-state index in [-0.39, 0.29) is 11.9 Å². The number of halogens is 1. The molecular weight excluding hydrogens is 347 g/mol. The molecular formula is C21H23FN2O3. The average Bonchev–Trinajstić information content (AvgIpc) is 3.04. The van der Waals surface area contributed by atoms with Crippen LogP contribution >= 0.6 is 0 Å². The predicted octanol–water partition coefficient (Wildman–Crippen LogP) is 2.38. The van der Waals surface area contributed by atoms with Crippen molar-refractivity contribution in [3.63, 3.8) is 0 Å². The lowest BCUT2D eigenvalue weighted by atomic mass is 10.1. The zero-order chi connectivity index (χ0) is 18.4. The molecule has 5 rings (SSSR count). The maximum atomic E-state index is 13.5. The standard InChI is InChI=1S/C21H23FN2O3/c22-15-5-4-14-12-18(20(25)16(14)13-15)24-8-6-23(7-9-24)17-2-1-3-19-21(17)27-11-10-26-19/h1-5,13,18,20,25H,6-12H2. The Balaban J connectivity index is 1.29. The maximum absolute atomic E-state index is 13.5. The van der Waals surface area contributed by atoms with Crippen molar-refractivity contribution in [1.82, 2.24) is 4.90 Å². The summed E-state index contributed by atoms with van der Waals surface area (Å²) in [7, 11) is 0. The molecule has 27 heavy (non-hydrogen) atoms. The molecule has 0 bridgehead atoms. The van der Waals surface area contributed by atoms with Gasteiger partial charge in [-0.25, -0.2) is 4.39 Å². The van der Waals surface area contributed by atoms with Gasteiger partial charge in [-0.05, 0) is 41.8 Å². The fraction of sp³-hybridized carbons (Fsp3) is 0.429. The number of nitrogens with zero attached hydrogens (tertiary/aromatic N) is 2. The summed E-state index contributed by atoms with van der Waals surface area (Å²) < 4.78 is 25.1. The highest BCUT2D eigenvalue weighted by atomic mass is 19.1. The van der Waals surface area contributed by atoms with Crippen LogP contribution in [0.1, 0.15) is 17.2 Å². The zero-order valence-corrected chi connectivity index (χ0v) is 15.1. The van der Waals surface area contributed by atoms with E-state index in [0.717, 1.165) is 60.9 Å². The van der Waals surface area contributed by atoms with Gasteiger partial charge in [0, 0.05) is 32.2 Å². The van der Waals surface area contributed by atoms with Gasteiger partial charge in [0.1, 0.15) is 19.0 Å². The minimum Gasteiger partial charge on any atom is -0.486 e. The molecule has 6 heteroatoms. The lowest BCUT2D eigenvalue weighted by Gasteiger charge is -2.40. The molecule has 0 saturated carbocycles. The molecule has 0 radical (unpaired) electrons. The van der Waals surface area contributed by atoms with E-state index >= 15 is 0 Å². The van der Waals surface area contributed by atoms with Gasteiger partial charge in [0.2, 0.25) is 0 Å². The summed E-state index contributed by atoms with van der Waals surface area (Å²) in [4.78, 5) is 4.64. The van der Waals surface area contributed by atoms with Crippen LogP contribution in [0.2, 0.25) is 0 Å². The number of aliphatic hydroxyl groups excluding tert-OH is 1. The zero-order valence-electron chi connectivity index (χ0n) is 15.1. The van der Waals surface area contributed by atoms with E-state index in [1.165, 1.54) is 12.1 Å². The fourth-order valence-corrected chi connectivity index (χ4v) is 4.50. The van der Waals surface area contributed by atoms with Gasteiger partial charge in [0.15, 0.2) is 11.5 Å². The predicted molar refractivity (Wildman–Crippen MR) is 100 cm³/mol. The van der Waals surface area contributed by atoms with Crippen molar-refractivity contribution in [3.05, 3.63) is 53.3 Å². The molecule has 1 N–H and O–H groups in total. The van der Waals surface area contributed by atoms with Crippen molar-refractivity contribution >= 4 is 5.69 Å². The second-order valence-electron chi connectivity index (χ2n) is 7.38. The van der Waals surface area contributed by atoms with Gasteiger partial charge in [-0.1, -0.05) is 12.1 Å². The number of rotatable bonds is 2. The number of para-hydroxylation sites is 1. The molecule has 1 aliphatic carbocycles. The monoisotopic (exact) mass is 370 g/mol. The van der Waals surface area contributed by atoms with Gasteiger partial charge >= 0.3 is 0 Å². The highest BCUT2D eigenvalue weighted by Gasteiger charge is 2.37. The molecule has 142 valence electrons. The molecule has 2 aromatic carbocycles. The lowest BCUT2D eigenvalue weighted by Crippen LogP contribution is -2.51. The van der Waals surface area contributed by atoms with Gasteiger partial charge in [0.05, 0.1) is 11.8 Å². The Morgan fingerprint density at radius 3 is 2.67 bits per heavy atom. The minimum atomic E-state index is -0.622. The molecule has 1 fully saturated rings. The van der Waals surface area contributed by atoms with Gasteiger partial charge < -0.3 is 19.5 Å². The van der Waals surface area contributed by atoms with Crippen molar-refractivity contribution in [1.29, 1.82) is 0 Å². The van der Waals surface area contributed by atoms with Crippen molar-refractivity contribution < 1.29 is 19.0 Å². The summed E-state index contributed by atoms with van der Waals surface area (Å²) >= 11 is 0. The van der Waals surface area contributed by atoms with Gasteiger partial charge in [-0.3, -0.25) is 4.90 Å². The van der Waals surface area contributed by atoms with Crippen LogP contribution in [0, 0.1) is 5.82 Å². The van der Waals surface area contributed by atoms with E-state index in [2.05, 4.69) is 15.9 Å². The number of hydrogen-bond acceptors (Lipinski definition) is 5. The van der Waals surface area contributed by atoms with Crippen LogP contribution in [0.3, 0.4) is 0 Å². The molecule has 2 heterocycles. The molecule has 3 aliphatic rings. The number of anilines is 1. The Labute approximate surface area is 157 Å². The molecule has 0 aromatic heterocycles. The first-order valence-electron chi connectivity index (χ1n) is 9.55. The second-order valence-corrected chi connectivity index (χ2v) is 7.38. The van der Waals surface area contributed by atoms with Crippen molar-refractivity contribution in [2.45, 2.75) is 18.6 Å². The van der Waals surface area contributed by atoms with Gasteiger partial charge in [-0.2, -0.15) is 0 Å². The van der Waals surface area contributed by atoms with Crippen LogP contribution in [-0.2, 0) is 6.42 Å². The largest absolute Gasteiger partial charge is 0.486 e. The summed E-state index contributed by atoms with van der Waals surface area (Å²) in [6, 6.07) is 10.8. The fourth-order valence-electron chi connectivity index (χ4n) is 4.50. The minimum absolute atomic E-state index is 0.0215. The SMILES string of the molecule is OC1c2cc(F)ccc2CC1N1CCN(c2cccc3c2OCCO3)CC1. The van der Waals surface area contributed by atoms with E-state index in [9.17, 15) is 9.50 Å². The van der Waals surface area contributed by atoms with E-state index in [4.69, 9.17) is 9.47 Å².